The maximum atomic E-state index is 12.0. The molecule has 15 heteroatoms. The quantitative estimate of drug-likeness (QED) is 0.204. The van der Waals surface area contributed by atoms with Crippen LogP contribution >= 0.6 is 11.8 Å². The largest absolute Gasteiger partial charge is 0.496 e. The lowest BCUT2D eigenvalue weighted by atomic mass is 10.3. The monoisotopic (exact) mass is 693 g/mol. The van der Waals surface area contributed by atoms with Crippen LogP contribution in [0, 0.1) is 0 Å². The first-order chi connectivity index (χ1) is 23.1. The second kappa shape index (κ2) is 17.0. The summed E-state index contributed by atoms with van der Waals surface area (Å²) >= 11 is 1.54. The lowest BCUT2D eigenvalue weighted by Gasteiger charge is -2.18. The number of ether oxygens (including phenoxy) is 3. The lowest BCUT2D eigenvalue weighted by molar-refractivity contribution is -0.113. The molecular formula is C33H35N5O8S2. The van der Waals surface area contributed by atoms with Gasteiger partial charge in [0.2, 0.25) is 5.95 Å². The van der Waals surface area contributed by atoms with Crippen LogP contribution in [-0.4, -0.2) is 68.1 Å². The Morgan fingerprint density at radius 1 is 0.792 bits per heavy atom. The van der Waals surface area contributed by atoms with Gasteiger partial charge in [-0.15, -0.1) is 11.8 Å². The van der Waals surface area contributed by atoms with E-state index >= 15 is 0 Å². The van der Waals surface area contributed by atoms with E-state index in [0.717, 1.165) is 22.5 Å². The summed E-state index contributed by atoms with van der Waals surface area (Å²) in [6.45, 7) is 4.08. The molecule has 0 radical (unpaired) electrons. The van der Waals surface area contributed by atoms with E-state index < -0.39 is 21.8 Å². The van der Waals surface area contributed by atoms with E-state index in [1.807, 2.05) is 61.5 Å². The van der Waals surface area contributed by atoms with Crippen molar-refractivity contribution in [3.8, 4) is 0 Å². The fourth-order valence-electron chi connectivity index (χ4n) is 4.30. The number of sulfone groups is 1. The van der Waals surface area contributed by atoms with E-state index in [1.54, 1.807) is 42.1 Å². The normalized spacial score (nSPS) is 14.9. The van der Waals surface area contributed by atoms with Crippen LogP contribution in [0.5, 0.6) is 0 Å². The Kier molecular flexibility index (Phi) is 12.6. The van der Waals surface area contributed by atoms with Crippen LogP contribution in [0.4, 0.5) is 22.1 Å². The predicted octanol–water partition coefficient (Wildman–Crippen LogP) is 5.66. The molecule has 48 heavy (non-hydrogen) atoms. The van der Waals surface area contributed by atoms with Gasteiger partial charge in [-0.2, -0.15) is 0 Å². The molecule has 13 nitrogen and oxygen atoms in total. The zero-order valence-corrected chi connectivity index (χ0v) is 28.1. The number of thioether (sulfide) groups is 1. The van der Waals surface area contributed by atoms with Crippen LogP contribution in [0.15, 0.2) is 106 Å². The number of carbonyl (C=O) groups is 3. The Bertz CT molecular complexity index is 1880. The fraction of sp³-hybridized carbons (Fsp3) is 0.212. The molecule has 0 bridgehead atoms. The highest BCUT2D eigenvalue weighted by Gasteiger charge is 2.32. The molecule has 3 aromatic carbocycles. The van der Waals surface area contributed by atoms with Crippen molar-refractivity contribution < 1.29 is 37.0 Å². The number of fused-ring (bicyclic) bond motifs is 1. The first kappa shape index (κ1) is 35.6. The molecule has 0 saturated carbocycles. The molecule has 2 aliphatic rings. The fourth-order valence-corrected chi connectivity index (χ4v) is 6.45. The zero-order valence-electron chi connectivity index (χ0n) is 26.4. The first-order valence-electron chi connectivity index (χ1n) is 14.6. The molecule has 6 rings (SSSR count). The van der Waals surface area contributed by atoms with Gasteiger partial charge in [0.25, 0.3) is 11.8 Å². The number of benzene rings is 3. The highest BCUT2D eigenvalue weighted by molar-refractivity contribution is 8.04. The Balaban J connectivity index is 0.000000164. The molecule has 0 spiro atoms. The van der Waals surface area contributed by atoms with Gasteiger partial charge in [-0.05, 0) is 50.2 Å². The smallest absolute Gasteiger partial charge is 0.413 e. The van der Waals surface area contributed by atoms with Crippen LogP contribution < -0.4 is 16.0 Å². The molecule has 1 aromatic heterocycles. The minimum atomic E-state index is -3.55. The predicted molar refractivity (Wildman–Crippen MR) is 186 cm³/mol. The van der Waals surface area contributed by atoms with Crippen LogP contribution in [0.25, 0.3) is 11.0 Å². The molecule has 4 N–H and O–H groups in total. The average molecular weight is 694 g/mol. The zero-order chi connectivity index (χ0) is 34.5. The molecular weight excluding hydrogens is 659 g/mol. The number of carbonyl (C=O) groups excluding carboxylic acids is 3. The topological polar surface area (TPSA) is 178 Å². The van der Waals surface area contributed by atoms with E-state index in [4.69, 9.17) is 9.47 Å². The van der Waals surface area contributed by atoms with Gasteiger partial charge in [0.05, 0.1) is 30.5 Å². The Morgan fingerprint density at radius 2 is 1.38 bits per heavy atom. The molecule has 0 aliphatic carbocycles. The third-order valence-electron chi connectivity index (χ3n) is 6.54. The van der Waals surface area contributed by atoms with E-state index in [1.165, 1.54) is 14.0 Å². The molecule has 252 valence electrons. The third-order valence-corrected chi connectivity index (χ3v) is 9.47. The summed E-state index contributed by atoms with van der Waals surface area (Å²) in [5, 5.41) is 7.84. The summed E-state index contributed by atoms with van der Waals surface area (Å²) in [6, 6.07) is 25.6. The summed E-state index contributed by atoms with van der Waals surface area (Å²) in [6.07, 6.45) is -0.538. The number of rotatable bonds is 5. The first-order valence-corrected chi connectivity index (χ1v) is 17.3. The van der Waals surface area contributed by atoms with Crippen molar-refractivity contribution >= 4 is 67.9 Å². The van der Waals surface area contributed by atoms with Crippen molar-refractivity contribution in [1.82, 2.24) is 9.97 Å². The number of hydrogen-bond donors (Lipinski definition) is 4. The molecule has 2 aliphatic heterocycles. The van der Waals surface area contributed by atoms with Crippen LogP contribution in [0.3, 0.4) is 0 Å². The van der Waals surface area contributed by atoms with E-state index in [-0.39, 0.29) is 28.9 Å². The highest BCUT2D eigenvalue weighted by atomic mass is 32.2. The van der Waals surface area contributed by atoms with Crippen LogP contribution in [-0.2, 0) is 33.6 Å². The maximum absolute atomic E-state index is 12.0. The summed E-state index contributed by atoms with van der Waals surface area (Å²) in [5.74, 6) is 1.17. The van der Waals surface area contributed by atoms with Gasteiger partial charge >= 0.3 is 6.09 Å². The number of nitrogens with zero attached hydrogens (tertiary/aromatic N) is 1. The van der Waals surface area contributed by atoms with Crippen molar-refractivity contribution in [2.24, 2.45) is 0 Å². The number of H-pyrrole nitrogens is 1. The maximum Gasteiger partial charge on any atom is 0.413 e. The highest BCUT2D eigenvalue weighted by Crippen LogP contribution is 2.26. The van der Waals surface area contributed by atoms with Crippen molar-refractivity contribution in [1.29, 1.82) is 0 Å². The minimum Gasteiger partial charge on any atom is -0.496 e. The van der Waals surface area contributed by atoms with Crippen molar-refractivity contribution in [2.75, 3.05) is 47.8 Å². The number of allylic oxidation sites excluding steroid dienone is 2. The minimum absolute atomic E-state index is 0.0894. The number of aromatic nitrogens is 2. The van der Waals surface area contributed by atoms with Gasteiger partial charge in [-0.1, -0.05) is 48.5 Å². The molecule has 0 fully saturated rings. The van der Waals surface area contributed by atoms with Gasteiger partial charge in [-0.25, -0.2) is 18.2 Å². The SMILES string of the molecule is CC1=C(C(=O)Nc2ccccc2)S(=O)(=O)CCO1.CC1=C(C(=O)Nc2ccccc2)SCCO1.COC(=O)Nc1nc2ccccc2[nH]1. The third kappa shape index (κ3) is 10.1. The average Bonchev–Trinajstić information content (AvgIpc) is 3.48. The van der Waals surface area contributed by atoms with Crippen molar-refractivity contribution in [3.05, 3.63) is 106 Å². The summed E-state index contributed by atoms with van der Waals surface area (Å²) < 4.78 is 38.6. The summed E-state index contributed by atoms with van der Waals surface area (Å²) in [7, 11) is -2.25. The van der Waals surface area contributed by atoms with Crippen molar-refractivity contribution in [2.45, 2.75) is 13.8 Å². The van der Waals surface area contributed by atoms with Crippen LogP contribution in [0.1, 0.15) is 13.8 Å². The molecule has 3 heterocycles. The Hall–Kier alpha value is -5.28. The van der Waals surface area contributed by atoms with Crippen LogP contribution in [0.2, 0.25) is 0 Å². The van der Waals surface area contributed by atoms with E-state index in [0.29, 0.717) is 28.9 Å². The number of methoxy groups -OCH3 is 1. The van der Waals surface area contributed by atoms with Gasteiger partial charge in [0.1, 0.15) is 23.0 Å². The van der Waals surface area contributed by atoms with Crippen molar-refractivity contribution in [3.63, 3.8) is 0 Å². The Morgan fingerprint density at radius 3 is 1.96 bits per heavy atom. The standard InChI is InChI=1S/C12H13NO4S.C12H13NO2S.C9H9N3O2/c1-9-11(18(15,16)8-7-17-9)12(14)13-10-5-3-2-4-6-10;1-9-11(16-8-7-15-9)12(14)13-10-5-3-2-4-6-10;1-14-9(13)12-8-10-6-4-2-3-5-7(6)11-8/h2-6H,7-8H2,1H3,(H,13,14);2-6H,7-8H2,1H3,(H,13,14);2-5H,1H3,(H2,10,11,12,13). The molecule has 0 saturated heterocycles. The number of aromatic amines is 1. The molecule has 0 unspecified atom stereocenters. The summed E-state index contributed by atoms with van der Waals surface area (Å²) in [5.41, 5.74) is 3.03. The van der Waals surface area contributed by atoms with Gasteiger partial charge < -0.3 is 29.8 Å². The number of nitrogens with one attached hydrogen (secondary N) is 4. The molecule has 4 aromatic rings. The molecule has 3 amide bonds. The van der Waals surface area contributed by atoms with E-state index in [2.05, 4.69) is 30.7 Å². The van der Waals surface area contributed by atoms with Gasteiger partial charge in [0, 0.05) is 17.1 Å². The number of amides is 3. The number of para-hydroxylation sites is 4. The summed E-state index contributed by atoms with van der Waals surface area (Å²) in [4.78, 5) is 42.2. The molecule has 0 atom stereocenters. The Labute approximate surface area is 282 Å². The second-order valence-electron chi connectivity index (χ2n) is 9.99. The van der Waals surface area contributed by atoms with E-state index in [9.17, 15) is 22.8 Å². The number of anilines is 3. The lowest BCUT2D eigenvalue weighted by Crippen LogP contribution is -2.29. The van der Waals surface area contributed by atoms with Gasteiger partial charge in [-0.3, -0.25) is 14.9 Å². The number of imidazole rings is 1. The number of hydrogen-bond acceptors (Lipinski definition) is 10. The van der Waals surface area contributed by atoms with Gasteiger partial charge in [0.15, 0.2) is 14.7 Å². The second-order valence-corrected chi connectivity index (χ2v) is 13.1.